The molecule has 0 N–H and O–H groups in total. The van der Waals surface area contributed by atoms with Crippen molar-refractivity contribution in [3.8, 4) is 11.3 Å². The van der Waals surface area contributed by atoms with Crippen LogP contribution < -0.4 is 0 Å². The molecule has 0 unspecified atom stereocenters. The monoisotopic (exact) mass is 509 g/mol. The van der Waals surface area contributed by atoms with Crippen molar-refractivity contribution in [1.82, 2.24) is 24.6 Å². The summed E-state index contributed by atoms with van der Waals surface area (Å²) in [5, 5.41) is 5.96. The van der Waals surface area contributed by atoms with Crippen LogP contribution in [-0.2, 0) is 4.74 Å². The number of aromatic nitrogens is 3. The van der Waals surface area contributed by atoms with Gasteiger partial charge in [0.05, 0.1) is 35.1 Å². The summed E-state index contributed by atoms with van der Waals surface area (Å²) in [7, 11) is 0. The minimum Gasteiger partial charge on any atom is -0.449 e. The molecular formula is C27H32ClN5O3. The standard InChI is InChI=1S/C27H32ClN5O3/c1-3-12-36-27(35)32-11-10-31(16-18(32)2)26(34)19-8-9-22-23(28)14-24(30-25(22)13-19)20-15-29-33(17-20)21-6-4-5-7-21/h8-9,13-15,17-18,21H,3-7,10-12,16H2,1-2H3/t18-/m0/s1. The molecule has 2 fully saturated rings. The Morgan fingerprint density at radius 3 is 2.72 bits per heavy atom. The van der Waals surface area contributed by atoms with Gasteiger partial charge in [-0.05, 0) is 44.4 Å². The maximum Gasteiger partial charge on any atom is 0.410 e. The van der Waals surface area contributed by atoms with Gasteiger partial charge in [0.2, 0.25) is 0 Å². The highest BCUT2D eigenvalue weighted by molar-refractivity contribution is 6.35. The second kappa shape index (κ2) is 10.5. The first-order valence-electron chi connectivity index (χ1n) is 12.8. The number of fused-ring (bicyclic) bond motifs is 1. The molecule has 2 amide bonds. The summed E-state index contributed by atoms with van der Waals surface area (Å²) in [4.78, 5) is 33.9. The second-order valence-corrected chi connectivity index (χ2v) is 10.2. The van der Waals surface area contributed by atoms with Gasteiger partial charge in [-0.2, -0.15) is 5.10 Å². The Hall–Kier alpha value is -3.13. The van der Waals surface area contributed by atoms with Crippen molar-refractivity contribution < 1.29 is 14.3 Å². The molecule has 8 nitrogen and oxygen atoms in total. The number of carbonyl (C=O) groups is 2. The number of benzene rings is 1. The molecule has 0 bridgehead atoms. The number of amides is 2. The number of hydrogen-bond donors (Lipinski definition) is 0. The third-order valence-electron chi connectivity index (χ3n) is 7.18. The summed E-state index contributed by atoms with van der Waals surface area (Å²) in [6, 6.07) is 7.65. The van der Waals surface area contributed by atoms with Gasteiger partial charge in [0.25, 0.3) is 5.91 Å². The minimum atomic E-state index is -0.315. The number of halogens is 1. The smallest absolute Gasteiger partial charge is 0.410 e. The zero-order valence-electron chi connectivity index (χ0n) is 20.8. The fraction of sp³-hybridized carbons (Fsp3) is 0.481. The van der Waals surface area contributed by atoms with Crippen LogP contribution in [0.5, 0.6) is 0 Å². The fourth-order valence-corrected chi connectivity index (χ4v) is 5.44. The second-order valence-electron chi connectivity index (χ2n) is 9.78. The normalized spacial score (nSPS) is 18.7. The van der Waals surface area contributed by atoms with Crippen molar-refractivity contribution >= 4 is 34.5 Å². The third kappa shape index (κ3) is 4.91. The van der Waals surface area contributed by atoms with Gasteiger partial charge >= 0.3 is 6.09 Å². The summed E-state index contributed by atoms with van der Waals surface area (Å²) < 4.78 is 7.32. The molecule has 190 valence electrons. The molecule has 1 saturated carbocycles. The fourth-order valence-electron chi connectivity index (χ4n) is 5.17. The molecule has 1 aromatic carbocycles. The lowest BCUT2D eigenvalue weighted by molar-refractivity contribution is 0.0412. The molecule has 1 saturated heterocycles. The topological polar surface area (TPSA) is 80.6 Å². The maximum atomic E-state index is 13.3. The van der Waals surface area contributed by atoms with Crippen LogP contribution in [0, 0.1) is 0 Å². The molecule has 5 rings (SSSR count). The lowest BCUT2D eigenvalue weighted by atomic mass is 10.1. The van der Waals surface area contributed by atoms with E-state index in [0.717, 1.165) is 35.9 Å². The van der Waals surface area contributed by atoms with Gasteiger partial charge in [0.1, 0.15) is 0 Å². The Kier molecular flexibility index (Phi) is 7.14. The largest absolute Gasteiger partial charge is 0.449 e. The molecule has 3 heterocycles. The van der Waals surface area contributed by atoms with Crippen LogP contribution in [0.3, 0.4) is 0 Å². The van der Waals surface area contributed by atoms with Crippen molar-refractivity contribution in [2.45, 2.75) is 58.0 Å². The highest BCUT2D eigenvalue weighted by Crippen LogP contribution is 2.32. The van der Waals surface area contributed by atoms with E-state index in [1.54, 1.807) is 21.9 Å². The average molecular weight is 510 g/mol. The summed E-state index contributed by atoms with van der Waals surface area (Å²) in [5.41, 5.74) is 2.89. The minimum absolute atomic E-state index is 0.0808. The van der Waals surface area contributed by atoms with Gasteiger partial charge in [-0.1, -0.05) is 37.4 Å². The van der Waals surface area contributed by atoms with E-state index in [4.69, 9.17) is 21.3 Å². The van der Waals surface area contributed by atoms with Crippen LogP contribution in [0.1, 0.15) is 62.4 Å². The molecule has 3 aromatic rings. The molecule has 1 atom stereocenters. The van der Waals surface area contributed by atoms with Crippen molar-refractivity contribution in [1.29, 1.82) is 0 Å². The predicted octanol–water partition coefficient (Wildman–Crippen LogP) is 5.56. The third-order valence-corrected chi connectivity index (χ3v) is 7.49. The first kappa shape index (κ1) is 24.6. The van der Waals surface area contributed by atoms with Gasteiger partial charge < -0.3 is 14.5 Å². The summed E-state index contributed by atoms with van der Waals surface area (Å²) in [6.07, 6.45) is 9.15. The Labute approximate surface area is 216 Å². The van der Waals surface area contributed by atoms with E-state index in [-0.39, 0.29) is 18.0 Å². The average Bonchev–Trinajstić information content (AvgIpc) is 3.59. The van der Waals surface area contributed by atoms with E-state index < -0.39 is 0 Å². The lowest BCUT2D eigenvalue weighted by Gasteiger charge is -2.39. The molecule has 1 aliphatic carbocycles. The molecule has 1 aliphatic heterocycles. The van der Waals surface area contributed by atoms with E-state index >= 15 is 0 Å². The zero-order valence-corrected chi connectivity index (χ0v) is 21.6. The summed E-state index contributed by atoms with van der Waals surface area (Å²) >= 11 is 6.62. The number of nitrogens with zero attached hydrogens (tertiary/aromatic N) is 5. The molecule has 36 heavy (non-hydrogen) atoms. The number of pyridine rings is 1. The first-order valence-corrected chi connectivity index (χ1v) is 13.2. The highest BCUT2D eigenvalue weighted by Gasteiger charge is 2.31. The van der Waals surface area contributed by atoms with Crippen LogP contribution in [-0.4, -0.2) is 68.8 Å². The number of piperazine rings is 1. The van der Waals surface area contributed by atoms with Crippen molar-refractivity contribution in [3.63, 3.8) is 0 Å². The van der Waals surface area contributed by atoms with Crippen molar-refractivity contribution in [3.05, 3.63) is 47.2 Å². The molecule has 2 aliphatic rings. The Morgan fingerprint density at radius 2 is 1.97 bits per heavy atom. The maximum absolute atomic E-state index is 13.3. The quantitative estimate of drug-likeness (QED) is 0.450. The number of rotatable bonds is 5. The van der Waals surface area contributed by atoms with Crippen LogP contribution in [0.4, 0.5) is 4.79 Å². The predicted molar refractivity (Wildman–Crippen MR) is 139 cm³/mol. The van der Waals surface area contributed by atoms with Gasteiger partial charge in [0.15, 0.2) is 0 Å². The van der Waals surface area contributed by atoms with Crippen LogP contribution in [0.15, 0.2) is 36.7 Å². The summed E-state index contributed by atoms with van der Waals surface area (Å²) in [5.74, 6) is -0.0808. The molecule has 0 spiro atoms. The van der Waals surface area contributed by atoms with Crippen molar-refractivity contribution in [2.24, 2.45) is 0 Å². The van der Waals surface area contributed by atoms with Gasteiger partial charge in [0, 0.05) is 48.4 Å². The van der Waals surface area contributed by atoms with Crippen LogP contribution in [0.2, 0.25) is 5.02 Å². The van der Waals surface area contributed by atoms with Gasteiger partial charge in [-0.3, -0.25) is 9.48 Å². The highest BCUT2D eigenvalue weighted by atomic mass is 35.5. The summed E-state index contributed by atoms with van der Waals surface area (Å²) in [6.45, 7) is 5.66. The Balaban J connectivity index is 1.34. The molecule has 9 heteroatoms. The number of hydrogen-bond acceptors (Lipinski definition) is 5. The molecular weight excluding hydrogens is 478 g/mol. The lowest BCUT2D eigenvalue weighted by Crippen LogP contribution is -2.55. The first-order chi connectivity index (χ1) is 17.4. The van der Waals surface area contributed by atoms with E-state index in [1.807, 2.05) is 43.1 Å². The van der Waals surface area contributed by atoms with E-state index in [1.165, 1.54) is 12.8 Å². The van der Waals surface area contributed by atoms with Gasteiger partial charge in [-0.15, -0.1) is 0 Å². The van der Waals surface area contributed by atoms with Crippen LogP contribution in [0.25, 0.3) is 22.2 Å². The van der Waals surface area contributed by atoms with Crippen molar-refractivity contribution in [2.75, 3.05) is 26.2 Å². The number of ether oxygens (including phenoxy) is 1. The SMILES string of the molecule is CCCOC(=O)N1CCN(C(=O)c2ccc3c(Cl)cc(-c4cnn(C5CCCC5)c4)nc3c2)C[C@@H]1C. The van der Waals surface area contributed by atoms with E-state index in [2.05, 4.69) is 5.10 Å². The Morgan fingerprint density at radius 1 is 1.17 bits per heavy atom. The van der Waals surface area contributed by atoms with E-state index in [0.29, 0.717) is 48.4 Å². The molecule has 0 radical (unpaired) electrons. The number of carbonyl (C=O) groups excluding carboxylic acids is 2. The Bertz CT molecular complexity index is 1270. The van der Waals surface area contributed by atoms with E-state index in [9.17, 15) is 9.59 Å². The van der Waals surface area contributed by atoms with Crippen LogP contribution >= 0.6 is 11.6 Å². The zero-order chi connectivity index (χ0) is 25.2. The molecule has 2 aromatic heterocycles. The van der Waals surface area contributed by atoms with Gasteiger partial charge in [-0.25, -0.2) is 9.78 Å².